The highest BCUT2D eigenvalue weighted by molar-refractivity contribution is 7.80. The SMILES string of the molecule is c1ccc(P(c2ccccc2)c2ccccc2C2=N[C@H]([C@@H]3CCOC(c4ccccc4P(c4ccccc4)c4ccccc4)=N3)CCO2)cc1. The maximum absolute atomic E-state index is 6.39. The Labute approximate surface area is 297 Å². The first-order chi connectivity index (χ1) is 24.8. The summed E-state index contributed by atoms with van der Waals surface area (Å²) in [5, 5.41) is 7.71. The van der Waals surface area contributed by atoms with Gasteiger partial charge in [0.25, 0.3) is 0 Å². The molecule has 0 aromatic heterocycles. The molecular weight excluding hydrogens is 650 g/mol. The van der Waals surface area contributed by atoms with Gasteiger partial charge in [0.15, 0.2) is 0 Å². The molecule has 2 aliphatic heterocycles. The van der Waals surface area contributed by atoms with Crippen LogP contribution < -0.4 is 31.8 Å². The summed E-state index contributed by atoms with van der Waals surface area (Å²) >= 11 is 0. The van der Waals surface area contributed by atoms with Crippen LogP contribution in [0.5, 0.6) is 0 Å². The third kappa shape index (κ3) is 6.92. The van der Waals surface area contributed by atoms with Gasteiger partial charge in [-0.05, 0) is 59.8 Å². The van der Waals surface area contributed by atoms with Crippen LogP contribution in [0.2, 0.25) is 0 Å². The molecule has 6 aromatic rings. The van der Waals surface area contributed by atoms with E-state index in [0.717, 1.165) is 35.8 Å². The smallest absolute Gasteiger partial charge is 0.217 e. The fraction of sp³-hybridized carbons (Fsp3) is 0.136. The van der Waals surface area contributed by atoms with Gasteiger partial charge in [-0.2, -0.15) is 0 Å². The highest BCUT2D eigenvalue weighted by atomic mass is 31.1. The molecular formula is C44H38N2O2P2. The van der Waals surface area contributed by atoms with Gasteiger partial charge in [0.2, 0.25) is 11.8 Å². The van der Waals surface area contributed by atoms with Crippen LogP contribution >= 0.6 is 15.8 Å². The summed E-state index contributed by atoms with van der Waals surface area (Å²) in [6, 6.07) is 60.5. The van der Waals surface area contributed by atoms with Crippen molar-refractivity contribution in [2.75, 3.05) is 13.2 Å². The van der Waals surface area contributed by atoms with Crippen LogP contribution in [0.25, 0.3) is 0 Å². The molecule has 0 aliphatic carbocycles. The Hall–Kier alpha value is -4.88. The lowest BCUT2D eigenvalue weighted by Gasteiger charge is -2.31. The summed E-state index contributed by atoms with van der Waals surface area (Å²) in [5.41, 5.74) is 2.13. The largest absolute Gasteiger partial charge is 0.477 e. The molecule has 2 atom stereocenters. The molecule has 4 nitrogen and oxygen atoms in total. The van der Waals surface area contributed by atoms with E-state index < -0.39 is 15.8 Å². The average Bonchev–Trinajstić information content (AvgIpc) is 3.20. The number of aliphatic imine (C=N–C) groups is 2. The Morgan fingerprint density at radius 1 is 0.380 bits per heavy atom. The van der Waals surface area contributed by atoms with Gasteiger partial charge in [0, 0.05) is 24.0 Å². The van der Waals surface area contributed by atoms with E-state index in [0.29, 0.717) is 13.2 Å². The molecule has 0 bridgehead atoms. The van der Waals surface area contributed by atoms with Crippen molar-refractivity contribution in [3.05, 3.63) is 181 Å². The van der Waals surface area contributed by atoms with E-state index in [1.54, 1.807) is 0 Å². The van der Waals surface area contributed by atoms with Crippen molar-refractivity contribution >= 4 is 59.5 Å². The average molecular weight is 689 g/mol. The lowest BCUT2D eigenvalue weighted by Crippen LogP contribution is -2.37. The predicted octanol–water partition coefficient (Wildman–Crippen LogP) is 6.97. The molecule has 0 N–H and O–H groups in total. The quantitative estimate of drug-likeness (QED) is 0.154. The van der Waals surface area contributed by atoms with Gasteiger partial charge in [-0.25, -0.2) is 9.98 Å². The summed E-state index contributed by atoms with van der Waals surface area (Å²) in [5.74, 6) is 1.44. The highest BCUT2D eigenvalue weighted by Gasteiger charge is 2.32. The molecule has 0 unspecified atom stereocenters. The number of benzene rings is 6. The number of hydrogen-bond acceptors (Lipinski definition) is 4. The third-order valence-electron chi connectivity index (χ3n) is 9.12. The fourth-order valence-corrected chi connectivity index (χ4v) is 11.7. The normalized spacial score (nSPS) is 17.4. The zero-order valence-corrected chi connectivity index (χ0v) is 29.5. The van der Waals surface area contributed by atoms with Gasteiger partial charge in [-0.3, -0.25) is 0 Å². The molecule has 0 amide bonds. The Morgan fingerprint density at radius 2 is 0.680 bits per heavy atom. The van der Waals surface area contributed by atoms with E-state index in [1.807, 2.05) is 0 Å². The maximum Gasteiger partial charge on any atom is 0.217 e. The lowest BCUT2D eigenvalue weighted by atomic mass is 10.0. The Kier molecular flexibility index (Phi) is 9.92. The summed E-state index contributed by atoms with van der Waals surface area (Å²) in [6.07, 6.45) is 1.64. The van der Waals surface area contributed by atoms with Gasteiger partial charge < -0.3 is 9.47 Å². The van der Waals surface area contributed by atoms with E-state index >= 15 is 0 Å². The number of nitrogens with zero attached hydrogens (tertiary/aromatic N) is 2. The van der Waals surface area contributed by atoms with Gasteiger partial charge in [-0.1, -0.05) is 158 Å². The molecule has 2 heterocycles. The van der Waals surface area contributed by atoms with E-state index in [1.165, 1.54) is 31.8 Å². The first-order valence-electron chi connectivity index (χ1n) is 17.2. The Balaban J connectivity index is 1.15. The fourth-order valence-electron chi connectivity index (χ4n) is 6.77. The van der Waals surface area contributed by atoms with E-state index in [4.69, 9.17) is 19.5 Å². The number of ether oxygens (including phenoxy) is 2. The minimum atomic E-state index is -0.813. The second kappa shape index (κ2) is 15.3. The molecule has 6 aromatic carbocycles. The van der Waals surface area contributed by atoms with Crippen molar-refractivity contribution in [2.24, 2.45) is 9.98 Å². The van der Waals surface area contributed by atoms with Crippen molar-refractivity contribution < 1.29 is 9.47 Å². The number of rotatable bonds is 9. The molecule has 8 rings (SSSR count). The molecule has 2 aliphatic rings. The van der Waals surface area contributed by atoms with Gasteiger partial charge in [-0.15, -0.1) is 0 Å². The minimum Gasteiger partial charge on any atom is -0.477 e. The standard InChI is InChI=1S/C44H38N2O2P2/c1-5-17-33(18-6-1)49(34-19-7-2-8-20-34)41-27-15-13-25-37(41)43-45-39(29-31-47-43)40-30-32-48-44(46-40)38-26-14-16-28-42(38)50(35-21-9-3-10-22-35)36-23-11-4-12-24-36/h1-28,39-40H,29-32H2/t39-,40-/m0/s1. The zero-order valence-electron chi connectivity index (χ0n) is 27.8. The molecule has 0 radical (unpaired) electrons. The van der Waals surface area contributed by atoms with Crippen molar-refractivity contribution in [1.29, 1.82) is 0 Å². The monoisotopic (exact) mass is 688 g/mol. The molecule has 6 heteroatoms. The minimum absolute atomic E-state index is 0.00213. The van der Waals surface area contributed by atoms with Crippen LogP contribution in [-0.2, 0) is 9.47 Å². The van der Waals surface area contributed by atoms with E-state index in [-0.39, 0.29) is 12.1 Å². The third-order valence-corrected chi connectivity index (χ3v) is 14.1. The molecule has 0 spiro atoms. The Morgan fingerprint density at radius 3 is 1.02 bits per heavy atom. The van der Waals surface area contributed by atoms with Crippen molar-refractivity contribution in [2.45, 2.75) is 24.9 Å². The van der Waals surface area contributed by atoms with Gasteiger partial charge in [0.05, 0.1) is 25.3 Å². The summed E-state index contributed by atoms with van der Waals surface area (Å²) in [7, 11) is -1.63. The number of hydrogen-bond donors (Lipinski definition) is 0. The first kappa shape index (κ1) is 32.3. The van der Waals surface area contributed by atoms with Crippen LogP contribution in [0.1, 0.15) is 24.0 Å². The second-order valence-electron chi connectivity index (χ2n) is 12.3. The van der Waals surface area contributed by atoms with Crippen molar-refractivity contribution in [3.63, 3.8) is 0 Å². The highest BCUT2D eigenvalue weighted by Crippen LogP contribution is 2.36. The summed E-state index contributed by atoms with van der Waals surface area (Å²) in [6.45, 7) is 1.22. The van der Waals surface area contributed by atoms with Crippen LogP contribution in [0.3, 0.4) is 0 Å². The predicted molar refractivity (Wildman–Crippen MR) is 212 cm³/mol. The topological polar surface area (TPSA) is 43.2 Å². The van der Waals surface area contributed by atoms with Crippen LogP contribution in [0.15, 0.2) is 180 Å². The molecule has 246 valence electrons. The first-order valence-corrected chi connectivity index (χ1v) is 19.9. The molecule has 50 heavy (non-hydrogen) atoms. The van der Waals surface area contributed by atoms with Crippen molar-refractivity contribution in [3.8, 4) is 0 Å². The molecule has 0 saturated carbocycles. The summed E-state index contributed by atoms with van der Waals surface area (Å²) < 4.78 is 12.8. The zero-order chi connectivity index (χ0) is 33.5. The van der Waals surface area contributed by atoms with E-state index in [2.05, 4.69) is 170 Å². The molecule has 0 fully saturated rings. The van der Waals surface area contributed by atoms with Crippen LogP contribution in [0, 0.1) is 0 Å². The van der Waals surface area contributed by atoms with Crippen LogP contribution in [-0.4, -0.2) is 37.1 Å². The summed E-state index contributed by atoms with van der Waals surface area (Å²) in [4.78, 5) is 10.7. The Bertz CT molecular complexity index is 1860. The van der Waals surface area contributed by atoms with E-state index in [9.17, 15) is 0 Å². The lowest BCUT2D eigenvalue weighted by molar-refractivity contribution is 0.216. The molecule has 0 saturated heterocycles. The van der Waals surface area contributed by atoms with Crippen LogP contribution in [0.4, 0.5) is 0 Å². The second-order valence-corrected chi connectivity index (χ2v) is 16.7. The maximum atomic E-state index is 6.39. The van der Waals surface area contributed by atoms with Gasteiger partial charge >= 0.3 is 0 Å². The van der Waals surface area contributed by atoms with Crippen molar-refractivity contribution in [1.82, 2.24) is 0 Å². The van der Waals surface area contributed by atoms with Gasteiger partial charge in [0.1, 0.15) is 0 Å².